The lowest BCUT2D eigenvalue weighted by Gasteiger charge is -2.10. The molecule has 1 aromatic heterocycles. The van der Waals surface area contributed by atoms with Gasteiger partial charge in [0.05, 0.1) is 6.04 Å². The topological polar surface area (TPSA) is 43.4 Å². The highest BCUT2D eigenvalue weighted by Gasteiger charge is 2.23. The predicted octanol–water partition coefficient (Wildman–Crippen LogP) is 3.47. The molecule has 1 aromatic carbocycles. The molecule has 0 saturated carbocycles. The quantitative estimate of drug-likeness (QED) is 0.898. The van der Waals surface area contributed by atoms with Gasteiger partial charge in [0.25, 0.3) is 0 Å². The van der Waals surface area contributed by atoms with Gasteiger partial charge >= 0.3 is 0 Å². The third-order valence-electron chi connectivity index (χ3n) is 3.38. The number of nitrogens with one attached hydrogen (secondary N) is 1. The fourth-order valence-corrected chi connectivity index (χ4v) is 2.81. The van der Waals surface area contributed by atoms with Crippen LogP contribution in [0.4, 0.5) is 0 Å². The molecule has 4 nitrogen and oxygen atoms in total. The average Bonchev–Trinajstić information content (AvgIpc) is 2.88. The van der Waals surface area contributed by atoms with Crippen molar-refractivity contribution in [2.24, 2.45) is 0 Å². The molecule has 110 valence electrons. The number of hydrogen-bond acceptors (Lipinski definition) is 4. The number of likely N-dealkylation sites (N-methyl/N-ethyl adjacent to an activating group) is 1. The fourth-order valence-electron chi connectivity index (χ4n) is 2.40. The molecule has 3 rings (SSSR count). The van der Waals surface area contributed by atoms with Crippen molar-refractivity contribution in [3.63, 3.8) is 0 Å². The summed E-state index contributed by atoms with van der Waals surface area (Å²) in [6, 6.07) is 8.30. The lowest BCUT2D eigenvalue weighted by Crippen LogP contribution is -2.21. The number of fused-ring (bicyclic) bond motifs is 1. The summed E-state index contributed by atoms with van der Waals surface area (Å²) in [6.07, 6.45) is 3.56. The van der Waals surface area contributed by atoms with Crippen LogP contribution in [0.3, 0.4) is 0 Å². The van der Waals surface area contributed by atoms with Gasteiger partial charge in [0.2, 0.25) is 0 Å². The van der Waals surface area contributed by atoms with Crippen LogP contribution in [0.1, 0.15) is 24.1 Å². The summed E-state index contributed by atoms with van der Waals surface area (Å²) in [7, 11) is 0. The number of rotatable bonds is 5. The van der Waals surface area contributed by atoms with Crippen LogP contribution in [-0.4, -0.2) is 18.1 Å². The summed E-state index contributed by atoms with van der Waals surface area (Å²) in [5.74, 6) is 1.72. The van der Waals surface area contributed by atoms with Crippen LogP contribution in [0.2, 0.25) is 0 Å². The molecular weight excluding hydrogens is 332 g/mol. The predicted molar refractivity (Wildman–Crippen MR) is 84.6 cm³/mol. The Bertz CT molecular complexity index is 633. The second-order valence-electron chi connectivity index (χ2n) is 4.92. The van der Waals surface area contributed by atoms with E-state index in [4.69, 9.17) is 9.47 Å². The number of benzene rings is 1. The molecule has 2 aromatic rings. The standard InChI is InChI=1S/C16H17BrN2O2/c1-2-19-15-10-21-16-6-13(3-4-14(15)16)20-9-11-5-12(17)8-18-7-11/h3-8,15,19H,2,9-10H2,1H3. The highest BCUT2D eigenvalue weighted by molar-refractivity contribution is 9.10. The molecule has 0 amide bonds. The minimum absolute atomic E-state index is 0.285. The van der Waals surface area contributed by atoms with Crippen molar-refractivity contribution in [1.29, 1.82) is 0 Å². The van der Waals surface area contributed by atoms with E-state index in [2.05, 4.69) is 39.2 Å². The highest BCUT2D eigenvalue weighted by Crippen LogP contribution is 2.35. The Labute approximate surface area is 132 Å². The van der Waals surface area contributed by atoms with E-state index in [0.717, 1.165) is 28.1 Å². The zero-order chi connectivity index (χ0) is 14.7. The van der Waals surface area contributed by atoms with Crippen molar-refractivity contribution >= 4 is 15.9 Å². The molecule has 0 radical (unpaired) electrons. The third-order valence-corrected chi connectivity index (χ3v) is 3.82. The first-order chi connectivity index (χ1) is 10.3. The zero-order valence-corrected chi connectivity index (χ0v) is 13.4. The molecular formula is C16H17BrN2O2. The summed E-state index contributed by atoms with van der Waals surface area (Å²) >= 11 is 3.41. The van der Waals surface area contributed by atoms with Crippen molar-refractivity contribution in [3.05, 3.63) is 52.3 Å². The first-order valence-electron chi connectivity index (χ1n) is 6.98. The second-order valence-corrected chi connectivity index (χ2v) is 5.84. The highest BCUT2D eigenvalue weighted by atomic mass is 79.9. The van der Waals surface area contributed by atoms with Crippen LogP contribution in [0.15, 0.2) is 41.1 Å². The molecule has 0 bridgehead atoms. The van der Waals surface area contributed by atoms with Crippen molar-refractivity contribution in [1.82, 2.24) is 10.3 Å². The molecule has 1 unspecified atom stereocenters. The summed E-state index contributed by atoms with van der Waals surface area (Å²) in [6.45, 7) is 4.20. The molecule has 0 spiro atoms. The lowest BCUT2D eigenvalue weighted by atomic mass is 10.1. The number of nitrogens with zero attached hydrogens (tertiary/aromatic N) is 1. The van der Waals surface area contributed by atoms with Gasteiger partial charge in [-0.15, -0.1) is 0 Å². The van der Waals surface area contributed by atoms with Gasteiger partial charge in [0, 0.05) is 34.1 Å². The van der Waals surface area contributed by atoms with E-state index in [1.54, 1.807) is 12.4 Å². The number of halogens is 1. The van der Waals surface area contributed by atoms with Crippen LogP contribution in [0.25, 0.3) is 0 Å². The van der Waals surface area contributed by atoms with Crippen LogP contribution in [0.5, 0.6) is 11.5 Å². The van der Waals surface area contributed by atoms with Gasteiger partial charge in [-0.05, 0) is 40.7 Å². The Morgan fingerprint density at radius 1 is 1.38 bits per heavy atom. The SMILES string of the molecule is CCNC1COc2cc(OCc3cncc(Br)c3)ccc21. The van der Waals surface area contributed by atoms with Crippen molar-refractivity contribution in [2.45, 2.75) is 19.6 Å². The molecule has 1 N–H and O–H groups in total. The van der Waals surface area contributed by atoms with Gasteiger partial charge in [-0.25, -0.2) is 0 Å². The summed E-state index contributed by atoms with van der Waals surface area (Å²) in [5.41, 5.74) is 2.23. The molecule has 0 saturated heterocycles. The number of ether oxygens (including phenoxy) is 2. The number of hydrogen-bond donors (Lipinski definition) is 1. The maximum atomic E-state index is 5.81. The van der Waals surface area contributed by atoms with Crippen LogP contribution in [0, 0.1) is 0 Å². The summed E-state index contributed by atoms with van der Waals surface area (Å²) < 4.78 is 12.5. The van der Waals surface area contributed by atoms with E-state index >= 15 is 0 Å². The van der Waals surface area contributed by atoms with E-state index in [9.17, 15) is 0 Å². The second kappa shape index (κ2) is 6.45. The first-order valence-corrected chi connectivity index (χ1v) is 7.78. The first kappa shape index (κ1) is 14.4. The molecule has 21 heavy (non-hydrogen) atoms. The Morgan fingerprint density at radius 3 is 3.10 bits per heavy atom. The van der Waals surface area contributed by atoms with Crippen molar-refractivity contribution in [2.75, 3.05) is 13.2 Å². The van der Waals surface area contributed by atoms with E-state index in [1.807, 2.05) is 18.2 Å². The molecule has 1 aliphatic heterocycles. The van der Waals surface area contributed by atoms with Gasteiger partial charge < -0.3 is 14.8 Å². The Morgan fingerprint density at radius 2 is 2.29 bits per heavy atom. The zero-order valence-electron chi connectivity index (χ0n) is 11.8. The Balaban J connectivity index is 1.68. The molecule has 2 heterocycles. The van der Waals surface area contributed by atoms with Gasteiger partial charge in [-0.3, -0.25) is 4.98 Å². The molecule has 5 heteroatoms. The minimum atomic E-state index is 0.285. The van der Waals surface area contributed by atoms with Gasteiger partial charge in [-0.2, -0.15) is 0 Å². The van der Waals surface area contributed by atoms with Crippen LogP contribution in [-0.2, 0) is 6.61 Å². The van der Waals surface area contributed by atoms with Gasteiger partial charge in [0.15, 0.2) is 0 Å². The summed E-state index contributed by atoms with van der Waals surface area (Å²) in [4.78, 5) is 4.12. The van der Waals surface area contributed by atoms with E-state index in [0.29, 0.717) is 13.2 Å². The van der Waals surface area contributed by atoms with E-state index in [1.165, 1.54) is 5.56 Å². The summed E-state index contributed by atoms with van der Waals surface area (Å²) in [5, 5.41) is 3.40. The molecule has 0 aliphatic carbocycles. The molecule has 1 atom stereocenters. The van der Waals surface area contributed by atoms with Crippen LogP contribution >= 0.6 is 15.9 Å². The van der Waals surface area contributed by atoms with Crippen molar-refractivity contribution in [3.8, 4) is 11.5 Å². The lowest BCUT2D eigenvalue weighted by molar-refractivity contribution is 0.297. The fraction of sp³-hybridized carbons (Fsp3) is 0.312. The molecule has 0 fully saturated rings. The van der Waals surface area contributed by atoms with E-state index in [-0.39, 0.29) is 6.04 Å². The Kier molecular flexibility index (Phi) is 4.41. The third kappa shape index (κ3) is 3.36. The van der Waals surface area contributed by atoms with E-state index < -0.39 is 0 Å². The largest absolute Gasteiger partial charge is 0.491 e. The monoisotopic (exact) mass is 348 g/mol. The maximum absolute atomic E-state index is 5.81. The maximum Gasteiger partial charge on any atom is 0.128 e. The van der Waals surface area contributed by atoms with Crippen molar-refractivity contribution < 1.29 is 9.47 Å². The number of aromatic nitrogens is 1. The minimum Gasteiger partial charge on any atom is -0.491 e. The van der Waals surface area contributed by atoms with Gasteiger partial charge in [0.1, 0.15) is 24.7 Å². The van der Waals surface area contributed by atoms with Crippen LogP contribution < -0.4 is 14.8 Å². The number of pyridine rings is 1. The average molecular weight is 349 g/mol. The smallest absolute Gasteiger partial charge is 0.128 e. The molecule has 1 aliphatic rings. The Hall–Kier alpha value is -1.59. The van der Waals surface area contributed by atoms with Gasteiger partial charge in [-0.1, -0.05) is 6.92 Å². The normalized spacial score (nSPS) is 16.4.